The van der Waals surface area contributed by atoms with Gasteiger partial charge < -0.3 is 14.2 Å². The Bertz CT molecular complexity index is 491. The summed E-state index contributed by atoms with van der Waals surface area (Å²) in [6.45, 7) is 8.33. The van der Waals surface area contributed by atoms with Crippen molar-refractivity contribution in [1.29, 1.82) is 0 Å². The van der Waals surface area contributed by atoms with Crippen LogP contribution in [-0.4, -0.2) is 18.3 Å². The number of aromatic hydroxyl groups is 1. The maximum absolute atomic E-state index is 12.9. The Morgan fingerprint density at radius 3 is 2.32 bits per heavy atom. The van der Waals surface area contributed by atoms with Crippen LogP contribution in [0.3, 0.4) is 0 Å². The molecule has 1 aromatic carbocycles. The van der Waals surface area contributed by atoms with Gasteiger partial charge in [-0.25, -0.2) is 0 Å². The molecule has 0 aromatic heterocycles. The van der Waals surface area contributed by atoms with E-state index in [0.29, 0.717) is 19.0 Å². The van der Waals surface area contributed by atoms with Crippen LogP contribution in [-0.2, 0) is 20.0 Å². The Hall–Kier alpha value is -0.830. The summed E-state index contributed by atoms with van der Waals surface area (Å²) in [5.74, 6) is 0.301. The van der Waals surface area contributed by atoms with Gasteiger partial charge in [0.1, 0.15) is 5.75 Å². The largest absolute Gasteiger partial charge is 0.508 e. The highest BCUT2D eigenvalue weighted by atomic mass is 31.2. The summed E-state index contributed by atoms with van der Waals surface area (Å²) in [6.07, 6.45) is 4.14. The lowest BCUT2D eigenvalue weighted by atomic mass is 10.0. The van der Waals surface area contributed by atoms with Gasteiger partial charge in [0.2, 0.25) is 0 Å². The third-order valence-electron chi connectivity index (χ3n) is 3.73. The summed E-state index contributed by atoms with van der Waals surface area (Å²) >= 11 is 0. The first kappa shape index (κ1) is 19.2. The standard InChI is InChI=1S/C17H29O4P/c1-5-8-9-10-16-13-15(11-12-17(16)18)14(4)22(19,20-6-2)21-7-3/h11-14,18H,5-10H2,1-4H3. The Kier molecular flexibility index (Phi) is 8.16. The van der Waals surface area contributed by atoms with Crippen LogP contribution in [0.25, 0.3) is 0 Å². The molecule has 1 unspecified atom stereocenters. The third-order valence-corrected chi connectivity index (χ3v) is 6.21. The van der Waals surface area contributed by atoms with Crippen molar-refractivity contribution in [3.8, 4) is 5.75 Å². The van der Waals surface area contributed by atoms with Crippen molar-refractivity contribution in [2.75, 3.05) is 13.2 Å². The van der Waals surface area contributed by atoms with E-state index in [9.17, 15) is 9.67 Å². The minimum atomic E-state index is -3.18. The summed E-state index contributed by atoms with van der Waals surface area (Å²) in [5.41, 5.74) is 1.44. The predicted octanol–water partition coefficient (Wildman–Crippen LogP) is 5.45. The van der Waals surface area contributed by atoms with Crippen molar-refractivity contribution in [2.24, 2.45) is 0 Å². The highest BCUT2D eigenvalue weighted by Crippen LogP contribution is 2.60. The van der Waals surface area contributed by atoms with E-state index in [1.54, 1.807) is 12.1 Å². The number of hydrogen-bond donors (Lipinski definition) is 1. The second-order valence-electron chi connectivity index (χ2n) is 5.40. The van der Waals surface area contributed by atoms with E-state index in [-0.39, 0.29) is 5.66 Å². The summed E-state index contributed by atoms with van der Waals surface area (Å²) in [7, 11) is -3.18. The molecule has 0 amide bonds. The number of rotatable bonds is 10. The van der Waals surface area contributed by atoms with Crippen LogP contribution in [0.5, 0.6) is 5.75 Å². The quantitative estimate of drug-likeness (QED) is 0.458. The second-order valence-corrected chi connectivity index (χ2v) is 7.77. The van der Waals surface area contributed by atoms with Crippen molar-refractivity contribution in [2.45, 2.75) is 59.0 Å². The molecule has 22 heavy (non-hydrogen) atoms. The van der Waals surface area contributed by atoms with E-state index in [1.807, 2.05) is 26.8 Å². The van der Waals surface area contributed by atoms with Crippen LogP contribution in [0.15, 0.2) is 18.2 Å². The molecule has 0 aliphatic heterocycles. The Morgan fingerprint density at radius 2 is 1.77 bits per heavy atom. The average molecular weight is 328 g/mol. The number of aryl methyl sites for hydroxylation is 1. The SMILES string of the molecule is CCCCCc1cc(C(C)P(=O)(OCC)OCC)ccc1O. The minimum absolute atomic E-state index is 0.301. The zero-order valence-corrected chi connectivity index (χ0v) is 15.1. The fourth-order valence-electron chi connectivity index (χ4n) is 2.43. The normalized spacial score (nSPS) is 13.3. The molecule has 1 rings (SSSR count). The number of unbranched alkanes of at least 4 members (excludes halogenated alkanes) is 2. The maximum Gasteiger partial charge on any atom is 0.337 e. The van der Waals surface area contributed by atoms with Crippen molar-refractivity contribution in [3.63, 3.8) is 0 Å². The van der Waals surface area contributed by atoms with Crippen LogP contribution >= 0.6 is 7.60 Å². The first-order chi connectivity index (χ1) is 10.5. The summed E-state index contributed by atoms with van der Waals surface area (Å²) < 4.78 is 23.7. The van der Waals surface area contributed by atoms with Gasteiger partial charge in [-0.3, -0.25) is 4.57 Å². The van der Waals surface area contributed by atoms with Gasteiger partial charge in [0.25, 0.3) is 0 Å². The number of hydrogen-bond acceptors (Lipinski definition) is 4. The Balaban J connectivity index is 2.98. The molecule has 0 aliphatic rings. The molecule has 126 valence electrons. The molecule has 0 spiro atoms. The number of benzene rings is 1. The van der Waals surface area contributed by atoms with Crippen molar-refractivity contribution >= 4 is 7.60 Å². The first-order valence-corrected chi connectivity index (χ1v) is 9.80. The summed E-state index contributed by atoms with van der Waals surface area (Å²) in [4.78, 5) is 0. The molecule has 1 atom stereocenters. The van der Waals surface area contributed by atoms with E-state index < -0.39 is 7.60 Å². The fourth-order valence-corrected chi connectivity index (χ4v) is 4.20. The van der Waals surface area contributed by atoms with Crippen molar-refractivity contribution in [3.05, 3.63) is 29.3 Å². The van der Waals surface area contributed by atoms with Crippen molar-refractivity contribution in [1.82, 2.24) is 0 Å². The molecule has 1 N–H and O–H groups in total. The molecule has 4 nitrogen and oxygen atoms in total. The Morgan fingerprint density at radius 1 is 1.14 bits per heavy atom. The van der Waals surface area contributed by atoms with Crippen LogP contribution in [0, 0.1) is 0 Å². The zero-order valence-electron chi connectivity index (χ0n) is 14.2. The van der Waals surface area contributed by atoms with E-state index in [0.717, 1.165) is 36.8 Å². The van der Waals surface area contributed by atoms with Gasteiger partial charge in [-0.1, -0.05) is 31.9 Å². The number of phenolic OH excluding ortho intramolecular Hbond substituents is 1. The molecule has 0 saturated carbocycles. The van der Waals surface area contributed by atoms with Gasteiger partial charge in [0.15, 0.2) is 0 Å². The third kappa shape index (κ3) is 5.12. The maximum atomic E-state index is 12.9. The fraction of sp³-hybridized carbons (Fsp3) is 0.647. The lowest BCUT2D eigenvalue weighted by Gasteiger charge is -2.24. The number of phenols is 1. The Labute approximate surface area is 134 Å². The molecule has 0 fully saturated rings. The molecular weight excluding hydrogens is 299 g/mol. The van der Waals surface area contributed by atoms with E-state index in [2.05, 4.69) is 6.92 Å². The lowest BCUT2D eigenvalue weighted by Crippen LogP contribution is -2.04. The first-order valence-electron chi connectivity index (χ1n) is 8.19. The van der Waals surface area contributed by atoms with Gasteiger partial charge in [-0.05, 0) is 50.8 Å². The van der Waals surface area contributed by atoms with Gasteiger partial charge in [0.05, 0.1) is 18.9 Å². The van der Waals surface area contributed by atoms with E-state index >= 15 is 0 Å². The van der Waals surface area contributed by atoms with E-state index in [4.69, 9.17) is 9.05 Å². The van der Waals surface area contributed by atoms with Crippen LogP contribution in [0.2, 0.25) is 0 Å². The molecule has 0 heterocycles. The minimum Gasteiger partial charge on any atom is -0.508 e. The zero-order chi connectivity index (χ0) is 16.6. The molecular formula is C17H29O4P. The predicted molar refractivity (Wildman–Crippen MR) is 90.6 cm³/mol. The van der Waals surface area contributed by atoms with Crippen LogP contribution in [0.1, 0.15) is 63.7 Å². The van der Waals surface area contributed by atoms with Gasteiger partial charge in [-0.2, -0.15) is 0 Å². The van der Waals surface area contributed by atoms with Gasteiger partial charge in [-0.15, -0.1) is 0 Å². The van der Waals surface area contributed by atoms with E-state index in [1.165, 1.54) is 0 Å². The van der Waals surface area contributed by atoms with Crippen LogP contribution < -0.4 is 0 Å². The second kappa shape index (κ2) is 9.34. The molecule has 0 bridgehead atoms. The van der Waals surface area contributed by atoms with Gasteiger partial charge >= 0.3 is 7.60 Å². The van der Waals surface area contributed by atoms with Crippen molar-refractivity contribution < 1.29 is 18.7 Å². The average Bonchev–Trinajstić information content (AvgIpc) is 2.49. The summed E-state index contributed by atoms with van der Waals surface area (Å²) in [5, 5.41) is 9.99. The molecule has 1 aromatic rings. The smallest absolute Gasteiger partial charge is 0.337 e. The topological polar surface area (TPSA) is 55.8 Å². The highest BCUT2D eigenvalue weighted by molar-refractivity contribution is 7.54. The van der Waals surface area contributed by atoms with Crippen LogP contribution in [0.4, 0.5) is 0 Å². The summed E-state index contributed by atoms with van der Waals surface area (Å²) in [6, 6.07) is 5.41. The lowest BCUT2D eigenvalue weighted by molar-refractivity contribution is 0.213. The highest BCUT2D eigenvalue weighted by Gasteiger charge is 2.33. The molecule has 0 saturated heterocycles. The van der Waals surface area contributed by atoms with Gasteiger partial charge in [0, 0.05) is 0 Å². The molecule has 5 heteroatoms. The monoisotopic (exact) mass is 328 g/mol. The molecule has 0 aliphatic carbocycles. The molecule has 0 radical (unpaired) electrons.